The van der Waals surface area contributed by atoms with E-state index >= 15 is 0 Å². The van der Waals surface area contributed by atoms with Crippen LogP contribution in [0, 0.1) is 16.5 Å². The summed E-state index contributed by atoms with van der Waals surface area (Å²) in [6.07, 6.45) is 3.08. The molecule has 23 heavy (non-hydrogen) atoms. The minimum atomic E-state index is -0.456. The van der Waals surface area contributed by atoms with Crippen molar-refractivity contribution in [2.24, 2.45) is 5.11 Å². The molecule has 2 heterocycles. The van der Waals surface area contributed by atoms with Crippen LogP contribution in [0.15, 0.2) is 23.4 Å². The molecule has 0 atom stereocenters. The number of pyridine rings is 1. The van der Waals surface area contributed by atoms with Crippen LogP contribution in [0.2, 0.25) is 0 Å². The van der Waals surface area contributed by atoms with Crippen LogP contribution in [0.25, 0.3) is 0 Å². The first-order chi connectivity index (χ1) is 10.9. The molecule has 1 aromatic heterocycles. The van der Waals surface area contributed by atoms with Crippen LogP contribution in [0.1, 0.15) is 39.2 Å². The van der Waals surface area contributed by atoms with E-state index in [0.717, 1.165) is 31.7 Å². The van der Waals surface area contributed by atoms with Crippen molar-refractivity contribution in [3.05, 3.63) is 29.1 Å². The zero-order valence-corrected chi connectivity index (χ0v) is 13.7. The Bertz CT molecular complexity index is 579. The first kappa shape index (κ1) is 17.0. The van der Waals surface area contributed by atoms with Gasteiger partial charge in [0.05, 0.1) is 16.6 Å². The van der Waals surface area contributed by atoms with E-state index in [1.165, 1.54) is 0 Å². The molecule has 0 aromatic carbocycles. The van der Waals surface area contributed by atoms with Crippen molar-refractivity contribution in [2.45, 2.75) is 45.3 Å². The number of anilines is 1. The number of hydrazine groups is 1. The molecule has 0 amide bonds. The molecule has 0 radical (unpaired) electrons. The summed E-state index contributed by atoms with van der Waals surface area (Å²) in [6.45, 7) is 7.06. The Hall–Kier alpha value is -2.40. The molecule has 8 heteroatoms. The molecular weight excluding hydrogens is 296 g/mol. The Balaban J connectivity index is 1.80. The van der Waals surface area contributed by atoms with Gasteiger partial charge in [0.2, 0.25) is 0 Å². The molecule has 1 saturated heterocycles. The summed E-state index contributed by atoms with van der Waals surface area (Å²) in [7, 11) is 0. The Morgan fingerprint density at radius 3 is 2.65 bits per heavy atom. The average Bonchev–Trinajstić information content (AvgIpc) is 2.52. The highest BCUT2D eigenvalue weighted by Crippen LogP contribution is 2.19. The zero-order valence-electron chi connectivity index (χ0n) is 13.7. The maximum absolute atomic E-state index is 11.5. The third kappa shape index (κ3) is 5.38. The van der Waals surface area contributed by atoms with Gasteiger partial charge in [0.25, 0.3) is 0 Å². The Morgan fingerprint density at radius 2 is 2.13 bits per heavy atom. The van der Waals surface area contributed by atoms with Gasteiger partial charge in [-0.1, -0.05) is 0 Å². The normalized spacial score (nSPS) is 17.0. The van der Waals surface area contributed by atoms with Crippen LogP contribution in [-0.4, -0.2) is 34.7 Å². The Labute approximate surface area is 135 Å². The molecule has 1 aromatic rings. The molecule has 0 bridgehead atoms. The molecule has 0 aliphatic carbocycles. The lowest BCUT2D eigenvalue weighted by Gasteiger charge is -2.31. The fourth-order valence-corrected chi connectivity index (χ4v) is 2.25. The highest BCUT2D eigenvalue weighted by Gasteiger charge is 2.22. The Kier molecular flexibility index (Phi) is 5.34. The van der Waals surface area contributed by atoms with Gasteiger partial charge < -0.3 is 10.1 Å². The summed E-state index contributed by atoms with van der Waals surface area (Å²) < 4.78 is 0. The van der Waals surface area contributed by atoms with Crippen molar-refractivity contribution in [1.29, 1.82) is 5.26 Å². The monoisotopic (exact) mass is 318 g/mol. The number of piperidine rings is 1. The summed E-state index contributed by atoms with van der Waals surface area (Å²) in [5.41, 5.74) is 2.41. The summed E-state index contributed by atoms with van der Waals surface area (Å²) in [6, 6.07) is 5.66. The van der Waals surface area contributed by atoms with Gasteiger partial charge >= 0.3 is 0 Å². The predicted molar refractivity (Wildman–Crippen MR) is 84.2 cm³/mol. The number of nitrogens with one attached hydrogen (secondary N) is 1. The minimum Gasteiger partial charge on any atom is -0.570 e. The number of nitrogens with zero attached hydrogens (tertiary/aromatic N) is 5. The summed E-state index contributed by atoms with van der Waals surface area (Å²) in [4.78, 5) is 12.2. The van der Waals surface area contributed by atoms with Crippen LogP contribution >= 0.6 is 0 Å². The number of aromatic nitrogens is 1. The van der Waals surface area contributed by atoms with Gasteiger partial charge in [0, 0.05) is 24.4 Å². The van der Waals surface area contributed by atoms with Gasteiger partial charge in [-0.3, -0.25) is 0 Å². The molecule has 1 aliphatic heterocycles. The van der Waals surface area contributed by atoms with E-state index in [0.29, 0.717) is 10.5 Å². The van der Waals surface area contributed by atoms with Crippen LogP contribution in [-0.2, 0) is 4.84 Å². The second-order valence-corrected chi connectivity index (χ2v) is 6.46. The lowest BCUT2D eigenvalue weighted by Crippen LogP contribution is -2.40. The lowest BCUT2D eigenvalue weighted by molar-refractivity contribution is -0.653. The second-order valence-electron chi connectivity index (χ2n) is 6.46. The van der Waals surface area contributed by atoms with Crippen LogP contribution in [0.3, 0.4) is 0 Å². The highest BCUT2D eigenvalue weighted by molar-refractivity contribution is 5.42. The fraction of sp³-hybridized carbons (Fsp3) is 0.600. The summed E-state index contributed by atoms with van der Waals surface area (Å²) >= 11 is 0. The lowest BCUT2D eigenvalue weighted by atomic mass is 10.1. The maximum atomic E-state index is 11.5. The van der Waals surface area contributed by atoms with Crippen molar-refractivity contribution >= 4 is 5.82 Å². The van der Waals surface area contributed by atoms with Crippen LogP contribution in [0.4, 0.5) is 5.82 Å². The van der Waals surface area contributed by atoms with E-state index in [2.05, 4.69) is 26.7 Å². The van der Waals surface area contributed by atoms with Crippen molar-refractivity contribution in [2.75, 3.05) is 18.0 Å². The summed E-state index contributed by atoms with van der Waals surface area (Å²) in [5, 5.41) is 24.2. The van der Waals surface area contributed by atoms with Crippen molar-refractivity contribution in [3.63, 3.8) is 0 Å². The molecule has 1 aliphatic rings. The van der Waals surface area contributed by atoms with Crippen molar-refractivity contribution in [3.8, 4) is 6.07 Å². The van der Waals surface area contributed by atoms with Gasteiger partial charge in [-0.25, -0.2) is 9.82 Å². The largest absolute Gasteiger partial charge is 0.570 e. The minimum absolute atomic E-state index is 0.0451. The second kappa shape index (κ2) is 7.24. The molecule has 124 valence electrons. The molecule has 2 rings (SSSR count). The van der Waals surface area contributed by atoms with Gasteiger partial charge in [0.1, 0.15) is 17.4 Å². The quantitative estimate of drug-likeness (QED) is 0.518. The van der Waals surface area contributed by atoms with Crippen LogP contribution in [0.5, 0.6) is 0 Å². The first-order valence-corrected chi connectivity index (χ1v) is 7.60. The first-order valence-electron chi connectivity index (χ1n) is 7.60. The Morgan fingerprint density at radius 1 is 1.43 bits per heavy atom. The molecule has 0 saturated carbocycles. The molecule has 1 fully saturated rings. The van der Waals surface area contributed by atoms with E-state index in [9.17, 15) is 5.21 Å². The van der Waals surface area contributed by atoms with Gasteiger partial charge in [-0.2, -0.15) is 5.26 Å². The van der Waals surface area contributed by atoms with Gasteiger partial charge in [0.15, 0.2) is 0 Å². The van der Waals surface area contributed by atoms with E-state index in [4.69, 9.17) is 10.1 Å². The zero-order chi connectivity index (χ0) is 16.9. The third-order valence-electron chi connectivity index (χ3n) is 3.33. The number of hydrogen-bond acceptors (Lipinski definition) is 6. The van der Waals surface area contributed by atoms with E-state index in [-0.39, 0.29) is 6.10 Å². The smallest absolute Gasteiger partial charge is 0.128 e. The standard InChI is InChI=1S/C15H22N6O2/c1-15(2,3)18-21(22)19-23-13-6-8-20(9-7-13)14-5-4-12(10-16)11-17-14/h4-5,11,13H,6-9H2,1-3H3,(H,18,19). The highest BCUT2D eigenvalue weighted by atomic mass is 16.8. The summed E-state index contributed by atoms with van der Waals surface area (Å²) in [5.74, 6) is 0.851. The van der Waals surface area contributed by atoms with E-state index < -0.39 is 5.54 Å². The predicted octanol–water partition coefficient (Wildman–Crippen LogP) is 2.12. The van der Waals surface area contributed by atoms with Gasteiger partial charge in [-0.15, -0.1) is 0 Å². The number of hydrogen-bond donors (Lipinski definition) is 1. The SMILES string of the molecule is CC(C)(C)N=[N+]([O-])NOC1CCN(c2ccc(C#N)cn2)CC1. The van der Waals surface area contributed by atoms with Crippen LogP contribution < -0.4 is 10.5 Å². The molecule has 8 nitrogen and oxygen atoms in total. The molecular formula is C15H22N6O2. The average molecular weight is 318 g/mol. The van der Waals surface area contributed by atoms with E-state index in [1.807, 2.05) is 26.8 Å². The topological polar surface area (TPSA) is 99.6 Å². The van der Waals surface area contributed by atoms with E-state index in [1.54, 1.807) is 12.3 Å². The molecule has 0 unspecified atom stereocenters. The number of rotatable bonds is 4. The van der Waals surface area contributed by atoms with Gasteiger partial charge in [-0.05, 0) is 51.3 Å². The van der Waals surface area contributed by atoms with Crippen molar-refractivity contribution < 1.29 is 9.81 Å². The molecule has 0 spiro atoms. The maximum Gasteiger partial charge on any atom is 0.128 e. The van der Waals surface area contributed by atoms with Crippen molar-refractivity contribution in [1.82, 2.24) is 10.6 Å². The fourth-order valence-electron chi connectivity index (χ4n) is 2.25. The third-order valence-corrected chi connectivity index (χ3v) is 3.33. The molecule has 1 N–H and O–H groups in total. The number of nitriles is 1.